The minimum Gasteiger partial charge on any atom is -0.477 e. The van der Waals surface area contributed by atoms with Gasteiger partial charge < -0.3 is 14.8 Å². The van der Waals surface area contributed by atoms with E-state index in [4.69, 9.17) is 28.3 Å². The van der Waals surface area contributed by atoms with Crippen molar-refractivity contribution in [3.05, 3.63) is 79.6 Å². The van der Waals surface area contributed by atoms with Crippen LogP contribution in [0.4, 0.5) is 0 Å². The van der Waals surface area contributed by atoms with Gasteiger partial charge in [0.1, 0.15) is 5.56 Å². The second-order valence-corrected chi connectivity index (χ2v) is 7.68. The molecule has 0 fully saturated rings. The van der Waals surface area contributed by atoms with Gasteiger partial charge in [-0.2, -0.15) is 0 Å². The van der Waals surface area contributed by atoms with Crippen molar-refractivity contribution in [3.63, 3.8) is 0 Å². The van der Waals surface area contributed by atoms with Gasteiger partial charge in [0, 0.05) is 24.7 Å². The van der Waals surface area contributed by atoms with Gasteiger partial charge in [-0.25, -0.2) is 4.79 Å². The van der Waals surface area contributed by atoms with Crippen LogP contribution in [-0.4, -0.2) is 27.4 Å². The Hall–Kier alpha value is -2.34. The summed E-state index contributed by atoms with van der Waals surface area (Å²) in [5.74, 6) is -1.25. The Morgan fingerprint density at radius 1 is 1.07 bits per heavy atom. The summed E-state index contributed by atoms with van der Waals surface area (Å²) in [7, 11) is 0. The van der Waals surface area contributed by atoms with Crippen molar-refractivity contribution in [2.75, 3.05) is 6.61 Å². The Morgan fingerprint density at radius 3 is 2.59 bits per heavy atom. The highest BCUT2D eigenvalue weighted by Gasteiger charge is 2.15. The predicted octanol–water partition coefficient (Wildman–Crippen LogP) is 4.76. The summed E-state index contributed by atoms with van der Waals surface area (Å²) in [5.41, 5.74) is 1.60. The Balaban J connectivity index is 2.03. The van der Waals surface area contributed by atoms with Crippen LogP contribution in [-0.2, 0) is 13.0 Å². The molecule has 7 heteroatoms. The fraction of sp³-hybridized carbons (Fsp3) is 0.273. The first kappa shape index (κ1) is 21.4. The fourth-order valence-corrected chi connectivity index (χ4v) is 3.75. The fourth-order valence-electron chi connectivity index (χ4n) is 3.37. The van der Waals surface area contributed by atoms with Gasteiger partial charge in [-0.05, 0) is 55.0 Å². The van der Waals surface area contributed by atoms with E-state index in [1.54, 1.807) is 16.7 Å². The van der Waals surface area contributed by atoms with E-state index >= 15 is 0 Å². The van der Waals surface area contributed by atoms with Crippen molar-refractivity contribution in [1.29, 1.82) is 0 Å². The quantitative estimate of drug-likeness (QED) is 0.501. The van der Waals surface area contributed by atoms with E-state index in [1.807, 2.05) is 24.3 Å². The highest BCUT2D eigenvalue weighted by atomic mass is 35.5. The third-order valence-electron chi connectivity index (χ3n) is 4.86. The van der Waals surface area contributed by atoms with Crippen LogP contribution in [0.1, 0.15) is 40.7 Å². The van der Waals surface area contributed by atoms with Crippen molar-refractivity contribution < 1.29 is 15.0 Å². The van der Waals surface area contributed by atoms with Crippen molar-refractivity contribution in [1.82, 2.24) is 4.57 Å². The summed E-state index contributed by atoms with van der Waals surface area (Å²) in [6.07, 6.45) is 4.16. The first-order chi connectivity index (χ1) is 13.9. The number of hydrogen-bond donors (Lipinski definition) is 2. The lowest BCUT2D eigenvalue weighted by Crippen LogP contribution is -2.19. The maximum Gasteiger partial charge on any atom is 0.341 e. The van der Waals surface area contributed by atoms with Gasteiger partial charge in [0.05, 0.1) is 15.6 Å². The molecule has 0 aliphatic carbocycles. The third kappa shape index (κ3) is 4.81. The number of pyridine rings is 1. The molecule has 2 N–H and O–H groups in total. The van der Waals surface area contributed by atoms with E-state index in [1.165, 1.54) is 6.20 Å². The molecule has 3 aromatic rings. The first-order valence-corrected chi connectivity index (χ1v) is 10.1. The van der Waals surface area contributed by atoms with Crippen molar-refractivity contribution in [2.45, 2.75) is 32.2 Å². The number of halogens is 2. The van der Waals surface area contributed by atoms with Crippen molar-refractivity contribution >= 4 is 40.1 Å². The van der Waals surface area contributed by atoms with Crippen LogP contribution >= 0.6 is 23.2 Å². The summed E-state index contributed by atoms with van der Waals surface area (Å²) in [5, 5.41) is 19.7. The molecule has 0 saturated heterocycles. The molecule has 0 unspecified atom stereocenters. The summed E-state index contributed by atoms with van der Waals surface area (Å²) in [6, 6.07) is 10.9. The molecule has 0 bridgehead atoms. The number of aliphatic hydroxyl groups is 1. The molecule has 0 amide bonds. The zero-order valence-electron chi connectivity index (χ0n) is 15.7. The number of aryl methyl sites for hydroxylation is 1. The summed E-state index contributed by atoms with van der Waals surface area (Å²) >= 11 is 12.4. The van der Waals surface area contributed by atoms with Crippen LogP contribution in [0.25, 0.3) is 10.9 Å². The second kappa shape index (κ2) is 9.44. The molecular formula is C22H21Cl2NO4. The molecule has 29 heavy (non-hydrogen) atoms. The maximum absolute atomic E-state index is 12.7. The van der Waals surface area contributed by atoms with Gasteiger partial charge in [0.15, 0.2) is 0 Å². The van der Waals surface area contributed by atoms with Gasteiger partial charge >= 0.3 is 5.97 Å². The zero-order valence-corrected chi connectivity index (χ0v) is 17.2. The Morgan fingerprint density at radius 2 is 1.86 bits per heavy atom. The number of aliphatic hydroxyl groups excluding tert-OH is 1. The van der Waals surface area contributed by atoms with E-state index in [0.717, 1.165) is 24.0 Å². The topological polar surface area (TPSA) is 79.5 Å². The standard InChI is InChI=1S/C22H21Cl2NO4/c23-18-6-4-5-15(20(18)24)11-14-7-8-19-16(12-14)21(27)17(22(28)29)13-25(19)9-2-1-3-10-26/h4-8,12-13,26H,1-3,9-11H2,(H,28,29). The number of aromatic carboxylic acids is 1. The van der Waals surface area contributed by atoms with Crippen LogP contribution in [0.15, 0.2) is 47.4 Å². The van der Waals surface area contributed by atoms with Crippen LogP contribution < -0.4 is 5.43 Å². The first-order valence-electron chi connectivity index (χ1n) is 9.35. The lowest BCUT2D eigenvalue weighted by molar-refractivity contribution is 0.0695. The molecule has 0 radical (unpaired) electrons. The molecule has 1 heterocycles. The SMILES string of the molecule is O=C(O)c1cn(CCCCCO)c2ccc(Cc3cccc(Cl)c3Cl)cc2c1=O. The Bertz CT molecular complexity index is 1110. The van der Waals surface area contributed by atoms with Crippen molar-refractivity contribution in [3.8, 4) is 0 Å². The molecule has 0 aliphatic rings. The van der Waals surface area contributed by atoms with E-state index < -0.39 is 11.4 Å². The number of nitrogens with zero attached hydrogens (tertiary/aromatic N) is 1. The zero-order chi connectivity index (χ0) is 21.0. The minimum absolute atomic E-state index is 0.126. The molecule has 0 aliphatic heterocycles. The number of aromatic nitrogens is 1. The van der Waals surface area contributed by atoms with Gasteiger partial charge in [0.2, 0.25) is 5.43 Å². The largest absolute Gasteiger partial charge is 0.477 e. The highest BCUT2D eigenvalue weighted by Crippen LogP contribution is 2.28. The van der Waals surface area contributed by atoms with Gasteiger partial charge in [-0.3, -0.25) is 4.79 Å². The molecule has 1 aromatic heterocycles. The average Bonchev–Trinajstić information content (AvgIpc) is 2.70. The predicted molar refractivity (Wildman–Crippen MR) is 115 cm³/mol. The number of carboxylic acid groups (broad SMARTS) is 1. The van der Waals surface area contributed by atoms with Crippen LogP contribution in [0, 0.1) is 0 Å². The summed E-state index contributed by atoms with van der Waals surface area (Å²) < 4.78 is 1.80. The number of hydrogen-bond acceptors (Lipinski definition) is 3. The highest BCUT2D eigenvalue weighted by molar-refractivity contribution is 6.42. The van der Waals surface area contributed by atoms with E-state index in [9.17, 15) is 14.7 Å². The summed E-state index contributed by atoms with van der Waals surface area (Å²) in [6.45, 7) is 0.692. The molecule has 0 atom stereocenters. The maximum atomic E-state index is 12.7. The Labute approximate surface area is 178 Å². The lowest BCUT2D eigenvalue weighted by Gasteiger charge is -2.14. The molecule has 5 nitrogen and oxygen atoms in total. The van der Waals surface area contributed by atoms with Crippen LogP contribution in [0.5, 0.6) is 0 Å². The second-order valence-electron chi connectivity index (χ2n) is 6.90. The molecular weight excluding hydrogens is 413 g/mol. The molecule has 2 aromatic carbocycles. The van der Waals surface area contributed by atoms with Crippen LogP contribution in [0.2, 0.25) is 10.0 Å². The third-order valence-corrected chi connectivity index (χ3v) is 5.72. The molecule has 0 spiro atoms. The van der Waals surface area contributed by atoms with Gasteiger partial charge in [0.25, 0.3) is 0 Å². The van der Waals surface area contributed by atoms with E-state index in [0.29, 0.717) is 40.3 Å². The van der Waals surface area contributed by atoms with E-state index in [-0.39, 0.29) is 12.2 Å². The Kier molecular flexibility index (Phi) is 6.96. The smallest absolute Gasteiger partial charge is 0.341 e. The normalized spacial score (nSPS) is 11.1. The van der Waals surface area contributed by atoms with E-state index in [2.05, 4.69) is 0 Å². The number of carbonyl (C=O) groups is 1. The van der Waals surface area contributed by atoms with Gasteiger partial charge in [-0.1, -0.05) is 41.4 Å². The number of carboxylic acids is 1. The number of unbranched alkanes of at least 4 members (excludes halogenated alkanes) is 2. The number of fused-ring (bicyclic) bond motifs is 1. The minimum atomic E-state index is -1.25. The van der Waals surface area contributed by atoms with Crippen LogP contribution in [0.3, 0.4) is 0 Å². The molecule has 3 rings (SSSR count). The molecule has 0 saturated carbocycles. The lowest BCUT2D eigenvalue weighted by atomic mass is 10.0. The van der Waals surface area contributed by atoms with Crippen molar-refractivity contribution in [2.24, 2.45) is 0 Å². The monoisotopic (exact) mass is 433 g/mol. The van der Waals surface area contributed by atoms with Gasteiger partial charge in [-0.15, -0.1) is 0 Å². The number of rotatable bonds is 8. The number of benzene rings is 2. The average molecular weight is 434 g/mol. The summed E-state index contributed by atoms with van der Waals surface area (Å²) in [4.78, 5) is 24.3. The molecule has 152 valence electrons.